The zero-order valence-corrected chi connectivity index (χ0v) is 12.3. The molecule has 0 aliphatic carbocycles. The van der Waals surface area contributed by atoms with Crippen molar-refractivity contribution >= 4 is 38.4 Å². The molecule has 0 saturated heterocycles. The normalized spacial score (nSPS) is 12.4. The highest BCUT2D eigenvalue weighted by Gasteiger charge is 2.13. The molecule has 1 aromatic carbocycles. The second-order valence-corrected chi connectivity index (χ2v) is 5.33. The van der Waals surface area contributed by atoms with Crippen LogP contribution >= 0.6 is 15.9 Å². The summed E-state index contributed by atoms with van der Waals surface area (Å²) >= 11 is 3.38. The van der Waals surface area contributed by atoms with E-state index in [1.165, 1.54) is 0 Å². The lowest BCUT2D eigenvalue weighted by atomic mass is 10.1. The van der Waals surface area contributed by atoms with E-state index in [2.05, 4.69) is 26.2 Å². The molecular formula is C14H16BrN3O. The number of nitrogens with zero attached hydrogens (tertiary/aromatic N) is 1. The van der Waals surface area contributed by atoms with Crippen LogP contribution in [0.4, 0.5) is 5.69 Å². The van der Waals surface area contributed by atoms with Gasteiger partial charge in [0, 0.05) is 16.1 Å². The molecular weight excluding hydrogens is 306 g/mol. The minimum atomic E-state index is -0.476. The standard InChI is InChI=1S/C14H16BrN3O/c1-2-4-11(16)14(19)18-12-6-3-5-9-7-10(15)8-17-13(9)12/h3,5-8,11H,2,4,16H2,1H3,(H,18,19). The lowest BCUT2D eigenvalue weighted by Crippen LogP contribution is -2.35. The smallest absolute Gasteiger partial charge is 0.241 e. The fraction of sp³-hybridized carbons (Fsp3) is 0.286. The zero-order valence-electron chi connectivity index (χ0n) is 10.7. The SMILES string of the molecule is CCCC(N)C(=O)Nc1cccc2cc(Br)cnc12. The minimum Gasteiger partial charge on any atom is -0.323 e. The van der Waals surface area contributed by atoms with E-state index >= 15 is 0 Å². The van der Waals surface area contributed by atoms with Gasteiger partial charge >= 0.3 is 0 Å². The van der Waals surface area contributed by atoms with E-state index in [9.17, 15) is 4.79 Å². The third-order valence-corrected chi connectivity index (χ3v) is 3.31. The highest BCUT2D eigenvalue weighted by Crippen LogP contribution is 2.24. The van der Waals surface area contributed by atoms with Gasteiger partial charge in [-0.25, -0.2) is 0 Å². The van der Waals surface area contributed by atoms with Gasteiger partial charge in [0.15, 0.2) is 0 Å². The van der Waals surface area contributed by atoms with Gasteiger partial charge < -0.3 is 11.1 Å². The Bertz CT molecular complexity index is 600. The quantitative estimate of drug-likeness (QED) is 0.909. The molecule has 1 aromatic heterocycles. The van der Waals surface area contributed by atoms with Crippen molar-refractivity contribution in [1.29, 1.82) is 0 Å². The van der Waals surface area contributed by atoms with Gasteiger partial charge in [-0.05, 0) is 34.5 Å². The number of carbonyl (C=O) groups is 1. The van der Waals surface area contributed by atoms with Gasteiger partial charge in [0.1, 0.15) is 0 Å². The first kappa shape index (κ1) is 14.0. The summed E-state index contributed by atoms with van der Waals surface area (Å²) in [6.45, 7) is 2.00. The Balaban J connectivity index is 2.28. The number of fused-ring (bicyclic) bond motifs is 1. The predicted octanol–water partition coefficient (Wildman–Crippen LogP) is 3.06. The van der Waals surface area contributed by atoms with Crippen LogP contribution in [0.1, 0.15) is 19.8 Å². The van der Waals surface area contributed by atoms with Crippen molar-refractivity contribution in [3.63, 3.8) is 0 Å². The molecule has 0 aliphatic heterocycles. The van der Waals surface area contributed by atoms with Gasteiger partial charge in [-0.2, -0.15) is 0 Å². The summed E-state index contributed by atoms with van der Waals surface area (Å²) in [6.07, 6.45) is 3.27. The second-order valence-electron chi connectivity index (χ2n) is 4.42. The van der Waals surface area contributed by atoms with Crippen LogP contribution in [0.25, 0.3) is 10.9 Å². The lowest BCUT2D eigenvalue weighted by molar-refractivity contribution is -0.117. The summed E-state index contributed by atoms with van der Waals surface area (Å²) in [7, 11) is 0. The summed E-state index contributed by atoms with van der Waals surface area (Å²) in [5, 5.41) is 3.82. The molecule has 1 atom stereocenters. The van der Waals surface area contributed by atoms with E-state index in [1.54, 1.807) is 6.20 Å². The molecule has 3 N–H and O–H groups in total. The van der Waals surface area contributed by atoms with Gasteiger partial charge in [-0.15, -0.1) is 0 Å². The van der Waals surface area contributed by atoms with E-state index in [0.717, 1.165) is 21.8 Å². The van der Waals surface area contributed by atoms with E-state index in [4.69, 9.17) is 5.73 Å². The van der Waals surface area contributed by atoms with Crippen LogP contribution in [0.3, 0.4) is 0 Å². The van der Waals surface area contributed by atoms with Gasteiger partial charge in [0.05, 0.1) is 17.2 Å². The van der Waals surface area contributed by atoms with Crippen molar-refractivity contribution in [2.45, 2.75) is 25.8 Å². The molecule has 0 bridgehead atoms. The van der Waals surface area contributed by atoms with E-state index in [1.807, 2.05) is 31.2 Å². The number of pyridine rings is 1. The molecule has 1 unspecified atom stereocenters. The van der Waals surface area contributed by atoms with Crippen LogP contribution in [0.2, 0.25) is 0 Å². The fourth-order valence-corrected chi connectivity index (χ4v) is 2.25. The molecule has 0 saturated carbocycles. The van der Waals surface area contributed by atoms with Crippen molar-refractivity contribution in [2.24, 2.45) is 5.73 Å². The molecule has 0 fully saturated rings. The molecule has 5 heteroatoms. The number of hydrogen-bond donors (Lipinski definition) is 2. The van der Waals surface area contributed by atoms with E-state index in [-0.39, 0.29) is 5.91 Å². The van der Waals surface area contributed by atoms with Gasteiger partial charge in [-0.1, -0.05) is 25.5 Å². The number of halogens is 1. The summed E-state index contributed by atoms with van der Waals surface area (Å²) < 4.78 is 0.908. The van der Waals surface area contributed by atoms with Crippen LogP contribution in [0, 0.1) is 0 Å². The number of benzene rings is 1. The number of carbonyl (C=O) groups excluding carboxylic acids is 1. The van der Waals surface area contributed by atoms with Gasteiger partial charge in [0.25, 0.3) is 0 Å². The fourth-order valence-electron chi connectivity index (χ4n) is 1.90. The van der Waals surface area contributed by atoms with Gasteiger partial charge in [-0.3, -0.25) is 9.78 Å². The first-order valence-electron chi connectivity index (χ1n) is 6.22. The van der Waals surface area contributed by atoms with Crippen LogP contribution in [-0.2, 0) is 4.79 Å². The summed E-state index contributed by atoms with van der Waals surface area (Å²) in [4.78, 5) is 16.3. The molecule has 100 valence electrons. The van der Waals surface area contributed by atoms with Crippen molar-refractivity contribution in [3.8, 4) is 0 Å². The maximum absolute atomic E-state index is 11.9. The molecule has 0 spiro atoms. The molecule has 0 radical (unpaired) electrons. The van der Waals surface area contributed by atoms with Crippen molar-refractivity contribution < 1.29 is 4.79 Å². The molecule has 1 amide bonds. The van der Waals surface area contributed by atoms with Crippen molar-refractivity contribution in [1.82, 2.24) is 4.98 Å². The van der Waals surface area contributed by atoms with Crippen LogP contribution < -0.4 is 11.1 Å². The summed E-state index contributed by atoms with van der Waals surface area (Å²) in [5.74, 6) is -0.168. The first-order valence-corrected chi connectivity index (χ1v) is 7.02. The Morgan fingerprint density at radius 1 is 1.53 bits per heavy atom. The third kappa shape index (κ3) is 3.30. The average molecular weight is 322 g/mol. The van der Waals surface area contributed by atoms with E-state index in [0.29, 0.717) is 12.1 Å². The van der Waals surface area contributed by atoms with Crippen molar-refractivity contribution in [2.75, 3.05) is 5.32 Å². The summed E-state index contributed by atoms with van der Waals surface area (Å²) in [6, 6.07) is 7.16. The number of para-hydroxylation sites is 1. The molecule has 19 heavy (non-hydrogen) atoms. The maximum Gasteiger partial charge on any atom is 0.241 e. The Morgan fingerprint density at radius 3 is 3.05 bits per heavy atom. The Kier molecular flexibility index (Phi) is 4.50. The monoisotopic (exact) mass is 321 g/mol. The molecule has 2 aromatic rings. The van der Waals surface area contributed by atoms with Crippen molar-refractivity contribution in [3.05, 3.63) is 34.9 Å². The largest absolute Gasteiger partial charge is 0.323 e. The molecule has 4 nitrogen and oxygen atoms in total. The van der Waals surface area contributed by atoms with Gasteiger partial charge in [0.2, 0.25) is 5.91 Å². The Labute approximate surface area is 120 Å². The Morgan fingerprint density at radius 2 is 2.32 bits per heavy atom. The number of anilines is 1. The number of rotatable bonds is 4. The third-order valence-electron chi connectivity index (χ3n) is 2.87. The first-order chi connectivity index (χ1) is 9.11. The highest BCUT2D eigenvalue weighted by molar-refractivity contribution is 9.10. The number of hydrogen-bond acceptors (Lipinski definition) is 3. The second kappa shape index (κ2) is 6.12. The maximum atomic E-state index is 11.9. The number of nitrogens with two attached hydrogens (primary N) is 1. The average Bonchev–Trinajstić information content (AvgIpc) is 2.38. The minimum absolute atomic E-state index is 0.168. The predicted molar refractivity (Wildman–Crippen MR) is 81.0 cm³/mol. The highest BCUT2D eigenvalue weighted by atomic mass is 79.9. The van der Waals surface area contributed by atoms with E-state index < -0.39 is 6.04 Å². The Hall–Kier alpha value is -1.46. The number of aromatic nitrogens is 1. The van der Waals surface area contributed by atoms with Crippen LogP contribution in [0.5, 0.6) is 0 Å². The van der Waals surface area contributed by atoms with Crippen LogP contribution in [-0.4, -0.2) is 16.9 Å². The topological polar surface area (TPSA) is 68.0 Å². The molecule has 1 heterocycles. The zero-order chi connectivity index (χ0) is 13.8. The number of nitrogens with one attached hydrogen (secondary N) is 1. The molecule has 0 aliphatic rings. The van der Waals surface area contributed by atoms with Crippen LogP contribution in [0.15, 0.2) is 34.9 Å². The molecule has 2 rings (SSSR count). The lowest BCUT2D eigenvalue weighted by Gasteiger charge is -2.12. The summed E-state index contributed by atoms with van der Waals surface area (Å²) in [5.41, 5.74) is 7.27. The number of amides is 1.